The van der Waals surface area contributed by atoms with E-state index in [2.05, 4.69) is 15.7 Å². The fraction of sp³-hybridized carbons (Fsp3) is 0.600. The van der Waals surface area contributed by atoms with Gasteiger partial charge < -0.3 is 10.6 Å². The zero-order valence-corrected chi connectivity index (χ0v) is 10.7. The van der Waals surface area contributed by atoms with Gasteiger partial charge in [0.15, 0.2) is 0 Å². The van der Waals surface area contributed by atoms with E-state index in [4.69, 9.17) is 0 Å². The van der Waals surface area contributed by atoms with E-state index in [0.29, 0.717) is 13.1 Å². The molecule has 1 aromatic rings. The molecule has 0 bridgehead atoms. The van der Waals surface area contributed by atoms with Gasteiger partial charge in [0, 0.05) is 25.7 Å². The first kappa shape index (κ1) is 14.9. The molecule has 0 aliphatic carbocycles. The minimum absolute atomic E-state index is 0. The van der Waals surface area contributed by atoms with Crippen LogP contribution in [0.2, 0.25) is 0 Å². The molecule has 0 aromatic carbocycles. The number of rotatable bonds is 5. The second-order valence-electron chi connectivity index (χ2n) is 3.62. The minimum atomic E-state index is -0.0109. The molecule has 1 heterocycles. The molecular formula is C10H19ClN4O. The molecule has 92 valence electrons. The molecular weight excluding hydrogens is 228 g/mol. The van der Waals surface area contributed by atoms with Crippen LogP contribution in [0.5, 0.6) is 0 Å². The van der Waals surface area contributed by atoms with Crippen LogP contribution in [0.25, 0.3) is 0 Å². The Labute approximate surface area is 102 Å². The summed E-state index contributed by atoms with van der Waals surface area (Å²) in [6.07, 6.45) is 1.72. The minimum Gasteiger partial charge on any atom is -0.350 e. The van der Waals surface area contributed by atoms with Gasteiger partial charge in [0.25, 0.3) is 0 Å². The van der Waals surface area contributed by atoms with Crippen LogP contribution in [0, 0.1) is 5.92 Å². The Morgan fingerprint density at radius 3 is 2.81 bits per heavy atom. The number of nitrogens with one attached hydrogen (secondary N) is 2. The van der Waals surface area contributed by atoms with Crippen molar-refractivity contribution in [3.63, 3.8) is 0 Å². The van der Waals surface area contributed by atoms with Crippen LogP contribution in [0.3, 0.4) is 0 Å². The fourth-order valence-corrected chi connectivity index (χ4v) is 1.33. The second kappa shape index (κ2) is 7.24. The van der Waals surface area contributed by atoms with Crippen LogP contribution in [0.15, 0.2) is 12.3 Å². The van der Waals surface area contributed by atoms with Gasteiger partial charge in [0.2, 0.25) is 5.91 Å². The molecule has 6 heteroatoms. The maximum atomic E-state index is 11.6. The molecule has 0 aliphatic heterocycles. The average Bonchev–Trinajstić information content (AvgIpc) is 2.61. The van der Waals surface area contributed by atoms with Crippen LogP contribution in [-0.4, -0.2) is 29.3 Å². The first-order valence-electron chi connectivity index (χ1n) is 5.04. The van der Waals surface area contributed by atoms with E-state index in [0.717, 1.165) is 5.69 Å². The molecule has 0 radical (unpaired) electrons. The molecule has 5 nitrogen and oxygen atoms in total. The van der Waals surface area contributed by atoms with E-state index in [1.807, 2.05) is 27.1 Å². The van der Waals surface area contributed by atoms with Crippen LogP contribution in [0.1, 0.15) is 12.6 Å². The number of carbonyl (C=O) groups is 1. The van der Waals surface area contributed by atoms with Crippen molar-refractivity contribution < 1.29 is 4.79 Å². The standard InChI is InChI=1S/C10H18N4O.ClH/c1-8(6-11-2)10(15)12-7-9-4-5-13-14(9)3;/h4-5,8,11H,6-7H2,1-3H3,(H,12,15);1H. The smallest absolute Gasteiger partial charge is 0.224 e. The Kier molecular flexibility index (Phi) is 6.76. The van der Waals surface area contributed by atoms with E-state index in [1.165, 1.54) is 0 Å². The highest BCUT2D eigenvalue weighted by Crippen LogP contribution is 1.97. The Hall–Kier alpha value is -1.07. The summed E-state index contributed by atoms with van der Waals surface area (Å²) in [5.74, 6) is 0.0498. The van der Waals surface area contributed by atoms with Gasteiger partial charge in [0.1, 0.15) is 0 Å². The Morgan fingerprint density at radius 2 is 2.31 bits per heavy atom. The van der Waals surface area contributed by atoms with Gasteiger partial charge in [-0.1, -0.05) is 6.92 Å². The number of nitrogens with zero attached hydrogens (tertiary/aromatic N) is 2. The van der Waals surface area contributed by atoms with Gasteiger partial charge in [-0.05, 0) is 13.1 Å². The molecule has 1 aromatic heterocycles. The maximum absolute atomic E-state index is 11.6. The Balaban J connectivity index is 0.00000225. The van der Waals surface area contributed by atoms with Crippen molar-refractivity contribution >= 4 is 18.3 Å². The van der Waals surface area contributed by atoms with Crippen LogP contribution >= 0.6 is 12.4 Å². The third-order valence-electron chi connectivity index (χ3n) is 2.32. The quantitative estimate of drug-likeness (QED) is 0.787. The largest absolute Gasteiger partial charge is 0.350 e. The molecule has 1 unspecified atom stereocenters. The van der Waals surface area contributed by atoms with Gasteiger partial charge in [-0.3, -0.25) is 9.48 Å². The van der Waals surface area contributed by atoms with Crippen molar-refractivity contribution in [3.8, 4) is 0 Å². The summed E-state index contributed by atoms with van der Waals surface area (Å²) >= 11 is 0. The summed E-state index contributed by atoms with van der Waals surface area (Å²) in [4.78, 5) is 11.6. The summed E-state index contributed by atoms with van der Waals surface area (Å²) in [7, 11) is 3.70. The molecule has 0 saturated heterocycles. The third kappa shape index (κ3) is 4.20. The van der Waals surface area contributed by atoms with Crippen molar-refractivity contribution in [2.75, 3.05) is 13.6 Å². The number of aromatic nitrogens is 2. The highest BCUT2D eigenvalue weighted by atomic mass is 35.5. The first-order valence-corrected chi connectivity index (χ1v) is 5.04. The molecule has 1 rings (SSSR count). The molecule has 0 aliphatic rings. The van der Waals surface area contributed by atoms with E-state index >= 15 is 0 Å². The molecule has 2 N–H and O–H groups in total. The van der Waals surface area contributed by atoms with E-state index in [-0.39, 0.29) is 24.2 Å². The number of hydrogen-bond acceptors (Lipinski definition) is 3. The molecule has 1 amide bonds. The summed E-state index contributed by atoms with van der Waals surface area (Å²) in [6.45, 7) is 3.12. The van der Waals surface area contributed by atoms with Gasteiger partial charge in [0.05, 0.1) is 12.2 Å². The highest BCUT2D eigenvalue weighted by molar-refractivity contribution is 5.85. The normalized spacial score (nSPS) is 11.7. The van der Waals surface area contributed by atoms with Crippen molar-refractivity contribution in [1.29, 1.82) is 0 Å². The summed E-state index contributed by atoms with van der Waals surface area (Å²) in [5, 5.41) is 9.87. The van der Waals surface area contributed by atoms with Gasteiger partial charge in [-0.15, -0.1) is 12.4 Å². The molecule has 1 atom stereocenters. The van der Waals surface area contributed by atoms with Crippen LogP contribution < -0.4 is 10.6 Å². The van der Waals surface area contributed by atoms with Gasteiger partial charge in [-0.2, -0.15) is 5.10 Å². The SMILES string of the molecule is CNCC(C)C(=O)NCc1ccnn1C.Cl. The predicted octanol–water partition coefficient (Wildman–Crippen LogP) is 0.314. The van der Waals surface area contributed by atoms with Gasteiger partial charge >= 0.3 is 0 Å². The van der Waals surface area contributed by atoms with Crippen molar-refractivity contribution in [1.82, 2.24) is 20.4 Å². The molecule has 0 fully saturated rings. The van der Waals surface area contributed by atoms with Crippen molar-refractivity contribution in [3.05, 3.63) is 18.0 Å². The number of halogens is 1. The summed E-state index contributed by atoms with van der Waals surface area (Å²) < 4.78 is 1.75. The zero-order valence-electron chi connectivity index (χ0n) is 9.86. The number of amides is 1. The fourth-order valence-electron chi connectivity index (χ4n) is 1.33. The highest BCUT2D eigenvalue weighted by Gasteiger charge is 2.11. The van der Waals surface area contributed by atoms with Crippen LogP contribution in [-0.2, 0) is 18.4 Å². The predicted molar refractivity (Wildman–Crippen MR) is 65.4 cm³/mol. The maximum Gasteiger partial charge on any atom is 0.224 e. The van der Waals surface area contributed by atoms with E-state index < -0.39 is 0 Å². The van der Waals surface area contributed by atoms with Crippen molar-refractivity contribution in [2.24, 2.45) is 13.0 Å². The topological polar surface area (TPSA) is 59.0 Å². The third-order valence-corrected chi connectivity index (χ3v) is 2.32. The monoisotopic (exact) mass is 246 g/mol. The molecule has 0 spiro atoms. The van der Waals surface area contributed by atoms with Crippen molar-refractivity contribution in [2.45, 2.75) is 13.5 Å². The molecule has 0 saturated carbocycles. The first-order chi connectivity index (χ1) is 7.15. The summed E-state index contributed by atoms with van der Waals surface area (Å²) in [5.41, 5.74) is 1.00. The lowest BCUT2D eigenvalue weighted by Crippen LogP contribution is -2.34. The number of aryl methyl sites for hydroxylation is 1. The lowest BCUT2D eigenvalue weighted by molar-refractivity contribution is -0.124. The number of carbonyl (C=O) groups excluding carboxylic acids is 1. The lowest BCUT2D eigenvalue weighted by atomic mass is 10.1. The number of hydrogen-bond donors (Lipinski definition) is 2. The second-order valence-corrected chi connectivity index (χ2v) is 3.62. The Morgan fingerprint density at radius 1 is 1.62 bits per heavy atom. The van der Waals surface area contributed by atoms with Crippen LogP contribution in [0.4, 0.5) is 0 Å². The average molecular weight is 247 g/mol. The lowest BCUT2D eigenvalue weighted by Gasteiger charge is -2.11. The summed E-state index contributed by atoms with van der Waals surface area (Å²) in [6, 6.07) is 1.89. The molecule has 16 heavy (non-hydrogen) atoms. The zero-order chi connectivity index (χ0) is 11.3. The van der Waals surface area contributed by atoms with E-state index in [1.54, 1.807) is 10.9 Å². The van der Waals surface area contributed by atoms with E-state index in [9.17, 15) is 4.79 Å². The van der Waals surface area contributed by atoms with Gasteiger partial charge in [-0.25, -0.2) is 0 Å². The Bertz CT molecular complexity index is 326.